The second-order valence-corrected chi connectivity index (χ2v) is 7.93. The number of rotatable bonds is 4. The van der Waals surface area contributed by atoms with Gasteiger partial charge in [0, 0.05) is 35.3 Å². The minimum Gasteiger partial charge on any atom is -0.488 e. The molecule has 5 rings (SSSR count). The van der Waals surface area contributed by atoms with Gasteiger partial charge in [0.25, 0.3) is 0 Å². The molecule has 1 aliphatic heterocycles. The zero-order chi connectivity index (χ0) is 21.5. The summed E-state index contributed by atoms with van der Waals surface area (Å²) >= 11 is 0. The molecule has 31 heavy (non-hydrogen) atoms. The quantitative estimate of drug-likeness (QED) is 0.389. The molecule has 1 aromatic heterocycles. The van der Waals surface area contributed by atoms with E-state index in [1.807, 2.05) is 56.6 Å². The van der Waals surface area contributed by atoms with Gasteiger partial charge in [0.2, 0.25) is 5.78 Å². The Bertz CT molecular complexity index is 1360. The van der Waals surface area contributed by atoms with Crippen LogP contribution in [0.3, 0.4) is 0 Å². The fraction of sp³-hybridized carbons (Fsp3) is 0.148. The van der Waals surface area contributed by atoms with Gasteiger partial charge in [-0.05, 0) is 49.2 Å². The van der Waals surface area contributed by atoms with Gasteiger partial charge in [0.15, 0.2) is 5.76 Å². The number of benzene rings is 3. The molecule has 0 spiro atoms. The molecule has 0 aliphatic carbocycles. The van der Waals surface area contributed by atoms with Crippen LogP contribution in [0.25, 0.3) is 17.0 Å². The number of ketones is 1. The molecule has 0 unspecified atom stereocenters. The summed E-state index contributed by atoms with van der Waals surface area (Å²) in [4.78, 5) is 13.0. The van der Waals surface area contributed by atoms with Crippen LogP contribution in [0.4, 0.5) is 0 Å². The fourth-order valence-corrected chi connectivity index (χ4v) is 4.08. The molecule has 0 saturated carbocycles. The van der Waals surface area contributed by atoms with Gasteiger partial charge in [-0.25, -0.2) is 0 Å². The summed E-state index contributed by atoms with van der Waals surface area (Å²) in [6, 6.07) is 19.9. The first-order valence-electron chi connectivity index (χ1n) is 10.3. The van der Waals surface area contributed by atoms with Crippen molar-refractivity contribution in [1.82, 2.24) is 4.57 Å². The first-order valence-corrected chi connectivity index (χ1v) is 10.3. The van der Waals surface area contributed by atoms with Gasteiger partial charge in [-0.2, -0.15) is 0 Å². The molecule has 0 N–H and O–H groups in total. The molecule has 0 saturated heterocycles. The van der Waals surface area contributed by atoms with Crippen molar-refractivity contribution in [2.75, 3.05) is 0 Å². The monoisotopic (exact) mass is 409 g/mol. The van der Waals surface area contributed by atoms with Crippen LogP contribution in [0.5, 0.6) is 11.5 Å². The number of aromatic nitrogens is 1. The molecule has 0 bridgehead atoms. The number of ether oxygens (including phenoxy) is 2. The normalized spacial score (nSPS) is 14.2. The van der Waals surface area contributed by atoms with Gasteiger partial charge in [0.05, 0.1) is 5.56 Å². The van der Waals surface area contributed by atoms with E-state index < -0.39 is 0 Å². The average molecular weight is 409 g/mol. The van der Waals surface area contributed by atoms with E-state index in [0.717, 1.165) is 33.3 Å². The molecule has 4 nitrogen and oxygen atoms in total. The number of para-hydroxylation sites is 1. The Labute approximate surface area is 181 Å². The lowest BCUT2D eigenvalue weighted by Gasteiger charge is -2.12. The summed E-state index contributed by atoms with van der Waals surface area (Å²) in [5.41, 5.74) is 5.81. The number of hydrogen-bond donors (Lipinski definition) is 0. The third-order valence-corrected chi connectivity index (χ3v) is 5.90. The van der Waals surface area contributed by atoms with Crippen LogP contribution in [0.2, 0.25) is 0 Å². The molecule has 154 valence electrons. The van der Waals surface area contributed by atoms with Crippen molar-refractivity contribution in [3.8, 4) is 11.5 Å². The summed E-state index contributed by atoms with van der Waals surface area (Å²) in [5.74, 6) is 1.54. The number of allylic oxidation sites excluding steroid dienone is 1. The number of carbonyl (C=O) groups excluding carboxylic acids is 1. The predicted molar refractivity (Wildman–Crippen MR) is 123 cm³/mol. The van der Waals surface area contributed by atoms with E-state index in [-0.39, 0.29) is 5.78 Å². The molecule has 1 aliphatic rings. The Morgan fingerprint density at radius 1 is 1.00 bits per heavy atom. The van der Waals surface area contributed by atoms with Crippen molar-refractivity contribution in [3.05, 3.63) is 100 Å². The van der Waals surface area contributed by atoms with Crippen LogP contribution in [-0.4, -0.2) is 10.4 Å². The molecule has 0 amide bonds. The van der Waals surface area contributed by atoms with E-state index in [0.29, 0.717) is 23.7 Å². The van der Waals surface area contributed by atoms with E-state index >= 15 is 0 Å². The van der Waals surface area contributed by atoms with Crippen molar-refractivity contribution >= 4 is 22.8 Å². The molecular formula is C27H23NO3. The highest BCUT2D eigenvalue weighted by atomic mass is 16.5. The highest BCUT2D eigenvalue weighted by Crippen LogP contribution is 2.40. The van der Waals surface area contributed by atoms with Crippen molar-refractivity contribution in [2.24, 2.45) is 7.05 Å². The summed E-state index contributed by atoms with van der Waals surface area (Å²) in [5, 5.41) is 1.09. The highest BCUT2D eigenvalue weighted by Gasteiger charge is 2.30. The van der Waals surface area contributed by atoms with Crippen LogP contribution < -0.4 is 9.47 Å². The average Bonchev–Trinajstić information content (AvgIpc) is 3.27. The summed E-state index contributed by atoms with van der Waals surface area (Å²) < 4.78 is 14.2. The molecular weight excluding hydrogens is 386 g/mol. The van der Waals surface area contributed by atoms with E-state index in [4.69, 9.17) is 9.47 Å². The molecule has 4 aromatic rings. The van der Waals surface area contributed by atoms with E-state index in [1.54, 1.807) is 6.07 Å². The third-order valence-electron chi connectivity index (χ3n) is 5.90. The zero-order valence-corrected chi connectivity index (χ0v) is 17.8. The van der Waals surface area contributed by atoms with Crippen LogP contribution >= 0.6 is 0 Å². The summed E-state index contributed by atoms with van der Waals surface area (Å²) in [7, 11) is 2.00. The second-order valence-electron chi connectivity index (χ2n) is 7.93. The van der Waals surface area contributed by atoms with Crippen molar-refractivity contribution < 1.29 is 14.3 Å². The number of nitrogens with zero attached hydrogens (tertiary/aromatic N) is 1. The Morgan fingerprint density at radius 3 is 2.61 bits per heavy atom. The summed E-state index contributed by atoms with van der Waals surface area (Å²) in [6.07, 6.45) is 3.85. The van der Waals surface area contributed by atoms with Crippen molar-refractivity contribution in [2.45, 2.75) is 20.5 Å². The van der Waals surface area contributed by atoms with Crippen molar-refractivity contribution in [3.63, 3.8) is 0 Å². The molecule has 0 fully saturated rings. The maximum absolute atomic E-state index is 13.0. The van der Waals surface area contributed by atoms with Crippen LogP contribution in [-0.2, 0) is 13.7 Å². The van der Waals surface area contributed by atoms with E-state index in [1.165, 1.54) is 5.56 Å². The Balaban J connectivity index is 1.45. The first-order chi connectivity index (χ1) is 15.0. The Morgan fingerprint density at radius 2 is 1.77 bits per heavy atom. The number of fused-ring (bicyclic) bond motifs is 2. The first kappa shape index (κ1) is 19.2. The summed E-state index contributed by atoms with van der Waals surface area (Å²) in [6.45, 7) is 4.47. The fourth-order valence-electron chi connectivity index (χ4n) is 4.08. The smallest absolute Gasteiger partial charge is 0.231 e. The zero-order valence-electron chi connectivity index (χ0n) is 17.8. The van der Waals surface area contributed by atoms with E-state index in [9.17, 15) is 4.79 Å². The van der Waals surface area contributed by atoms with Gasteiger partial charge in [-0.3, -0.25) is 4.79 Å². The molecule has 3 aromatic carbocycles. The lowest BCUT2D eigenvalue weighted by Crippen LogP contribution is -2.00. The molecule has 0 radical (unpaired) electrons. The number of hydrogen-bond acceptors (Lipinski definition) is 3. The topological polar surface area (TPSA) is 40.5 Å². The second kappa shape index (κ2) is 7.47. The maximum atomic E-state index is 13.0. The lowest BCUT2D eigenvalue weighted by molar-refractivity contribution is 0.101. The maximum Gasteiger partial charge on any atom is 0.231 e. The van der Waals surface area contributed by atoms with Crippen LogP contribution in [0, 0.1) is 13.8 Å². The lowest BCUT2D eigenvalue weighted by atomic mass is 10.1. The molecule has 0 atom stereocenters. The standard InChI is InChI=1S/C27H23NO3/c1-17-8-4-5-9-19(17)16-30-24-13-12-22-26(29)25(31-27(22)18(24)2)14-20-15-28(3)23-11-7-6-10-21(20)23/h4-15H,16H2,1-3H3/b25-14+. The van der Waals surface area contributed by atoms with Gasteiger partial charge < -0.3 is 14.0 Å². The predicted octanol–water partition coefficient (Wildman–Crippen LogP) is 5.99. The number of carbonyl (C=O) groups is 1. The van der Waals surface area contributed by atoms with Gasteiger partial charge >= 0.3 is 0 Å². The number of aryl methyl sites for hydroxylation is 2. The SMILES string of the molecule is Cc1ccccc1COc1ccc2c(c1C)O/C(=C/c1cn(C)c3ccccc13)C2=O. The minimum absolute atomic E-state index is 0.100. The third kappa shape index (κ3) is 3.30. The van der Waals surface area contributed by atoms with E-state index in [2.05, 4.69) is 35.8 Å². The highest BCUT2D eigenvalue weighted by molar-refractivity contribution is 6.15. The van der Waals surface area contributed by atoms with Crippen LogP contribution in [0.15, 0.2) is 72.6 Å². The Kier molecular flexibility index (Phi) is 4.63. The molecule has 4 heteroatoms. The van der Waals surface area contributed by atoms with Crippen LogP contribution in [0.1, 0.15) is 32.6 Å². The largest absolute Gasteiger partial charge is 0.488 e. The van der Waals surface area contributed by atoms with Gasteiger partial charge in [-0.15, -0.1) is 0 Å². The van der Waals surface area contributed by atoms with Gasteiger partial charge in [-0.1, -0.05) is 42.5 Å². The van der Waals surface area contributed by atoms with Gasteiger partial charge in [0.1, 0.15) is 18.1 Å². The minimum atomic E-state index is -0.100. The van der Waals surface area contributed by atoms with Crippen molar-refractivity contribution in [1.29, 1.82) is 0 Å². The molecule has 2 heterocycles. The Hall–Kier alpha value is -3.79. The number of Topliss-reactive ketones (excluding diaryl/α,β-unsaturated/α-hetero) is 1.